The van der Waals surface area contributed by atoms with Crippen LogP contribution in [-0.4, -0.2) is 0 Å². The highest BCUT2D eigenvalue weighted by Gasteiger charge is 2.46. The summed E-state index contributed by atoms with van der Waals surface area (Å²) in [4.78, 5) is 2.35. The Morgan fingerprint density at radius 1 is 0.308 bits per heavy atom. The third-order valence-electron chi connectivity index (χ3n) is 13.8. The van der Waals surface area contributed by atoms with Crippen molar-refractivity contribution in [3.05, 3.63) is 271 Å². The lowest BCUT2D eigenvalue weighted by molar-refractivity contribution is 0.673. The molecule has 0 bridgehead atoms. The maximum Gasteiger partial charge on any atom is 0.159 e. The molecule has 0 saturated carbocycles. The van der Waals surface area contributed by atoms with Gasteiger partial charge < -0.3 is 9.32 Å². The van der Waals surface area contributed by atoms with Crippen molar-refractivity contribution in [2.45, 2.75) is 5.41 Å². The first-order valence-electron chi connectivity index (χ1n) is 22.4. The zero-order valence-electron chi connectivity index (χ0n) is 35.5. The summed E-state index contributed by atoms with van der Waals surface area (Å²) in [6, 6.07) is 90.6. The van der Waals surface area contributed by atoms with Crippen molar-refractivity contribution in [3.8, 4) is 33.4 Å². The minimum atomic E-state index is -0.462. The zero-order chi connectivity index (χ0) is 42.9. The molecule has 2 heteroatoms. The van der Waals surface area contributed by atoms with Gasteiger partial charge in [0.05, 0.1) is 11.1 Å². The summed E-state index contributed by atoms with van der Waals surface area (Å²) < 4.78 is 6.99. The Balaban J connectivity index is 0.985. The van der Waals surface area contributed by atoms with Gasteiger partial charge in [-0.3, -0.25) is 0 Å². The summed E-state index contributed by atoms with van der Waals surface area (Å²) in [7, 11) is 0. The van der Waals surface area contributed by atoms with Crippen LogP contribution in [0.1, 0.15) is 22.3 Å². The van der Waals surface area contributed by atoms with Crippen molar-refractivity contribution in [1.29, 1.82) is 0 Å². The minimum Gasteiger partial charge on any atom is -0.453 e. The van der Waals surface area contributed by atoms with Crippen molar-refractivity contribution in [2.75, 3.05) is 4.90 Å². The summed E-state index contributed by atoms with van der Waals surface area (Å²) >= 11 is 0. The smallest absolute Gasteiger partial charge is 0.159 e. The molecule has 12 aromatic rings. The van der Waals surface area contributed by atoms with E-state index in [2.05, 4.69) is 254 Å². The van der Waals surface area contributed by atoms with Crippen LogP contribution >= 0.6 is 0 Å². The topological polar surface area (TPSA) is 16.4 Å². The Morgan fingerprint density at radius 3 is 1.52 bits per heavy atom. The van der Waals surface area contributed by atoms with E-state index in [1.807, 2.05) is 0 Å². The van der Waals surface area contributed by atoms with Gasteiger partial charge in [-0.05, 0) is 108 Å². The quantitative estimate of drug-likeness (QED) is 0.159. The second kappa shape index (κ2) is 14.8. The van der Waals surface area contributed by atoms with Crippen LogP contribution < -0.4 is 4.90 Å². The largest absolute Gasteiger partial charge is 0.453 e. The van der Waals surface area contributed by atoms with E-state index in [1.54, 1.807) is 0 Å². The van der Waals surface area contributed by atoms with Crippen LogP contribution in [0.4, 0.5) is 17.1 Å². The monoisotopic (exact) mass is 827 g/mol. The van der Waals surface area contributed by atoms with Crippen LogP contribution in [0, 0.1) is 0 Å². The molecule has 0 unspecified atom stereocenters. The van der Waals surface area contributed by atoms with Crippen LogP contribution in [-0.2, 0) is 5.41 Å². The summed E-state index contributed by atoms with van der Waals surface area (Å²) in [6.45, 7) is 0. The highest BCUT2D eigenvalue weighted by molar-refractivity contribution is 6.17. The van der Waals surface area contributed by atoms with Gasteiger partial charge >= 0.3 is 0 Å². The Kier molecular flexibility index (Phi) is 8.47. The van der Waals surface area contributed by atoms with E-state index in [0.717, 1.165) is 55.3 Å². The van der Waals surface area contributed by atoms with Gasteiger partial charge in [0.25, 0.3) is 0 Å². The Labute approximate surface area is 377 Å². The normalized spacial score (nSPS) is 12.7. The molecular formula is C63H41NO. The van der Waals surface area contributed by atoms with Crippen LogP contribution in [0.5, 0.6) is 0 Å². The Bertz CT molecular complexity index is 3710. The minimum absolute atomic E-state index is 0.462. The molecule has 304 valence electrons. The van der Waals surface area contributed by atoms with E-state index >= 15 is 0 Å². The predicted octanol–water partition coefficient (Wildman–Crippen LogP) is 17.1. The van der Waals surface area contributed by atoms with Crippen LogP contribution in [0.3, 0.4) is 0 Å². The molecule has 0 amide bonds. The van der Waals surface area contributed by atoms with Crippen LogP contribution in [0.25, 0.3) is 76.9 Å². The third-order valence-corrected chi connectivity index (χ3v) is 13.8. The number of hydrogen-bond donors (Lipinski definition) is 0. The average molecular weight is 828 g/mol. The standard InChI is InChI=1S/C63H41NO/c1-3-19-46(20-4-1)63(47-21-5-2-6-22-47)57-29-12-11-25-56(57)60-52(27-14-30-58(60)63)45-34-39-49(40-35-45)64(48-37-32-44(33-38-48)51-26-13-18-42-16-7-9-23-50(42)51)59-31-15-28-54-55-41-36-43-17-8-10-24-53(43)61(55)65-62(54)59/h1-41H. The Hall–Kier alpha value is -8.46. The summed E-state index contributed by atoms with van der Waals surface area (Å²) in [5.41, 5.74) is 16.8. The maximum absolute atomic E-state index is 6.99. The summed E-state index contributed by atoms with van der Waals surface area (Å²) in [5.74, 6) is 0. The lowest BCUT2D eigenvalue weighted by Gasteiger charge is -2.34. The molecule has 65 heavy (non-hydrogen) atoms. The molecule has 0 N–H and O–H groups in total. The van der Waals surface area contributed by atoms with Gasteiger partial charge in [0, 0.05) is 27.5 Å². The fourth-order valence-electron chi connectivity index (χ4n) is 10.9. The van der Waals surface area contributed by atoms with Gasteiger partial charge in [-0.2, -0.15) is 0 Å². The van der Waals surface area contributed by atoms with E-state index in [-0.39, 0.29) is 0 Å². The van der Waals surface area contributed by atoms with E-state index in [1.165, 1.54) is 60.8 Å². The molecular weight excluding hydrogens is 787 g/mol. The number of anilines is 3. The molecule has 1 aliphatic carbocycles. The molecule has 1 heterocycles. The lowest BCUT2D eigenvalue weighted by atomic mass is 9.67. The lowest BCUT2D eigenvalue weighted by Crippen LogP contribution is -2.28. The number of benzene rings is 11. The van der Waals surface area contributed by atoms with Crippen molar-refractivity contribution in [3.63, 3.8) is 0 Å². The van der Waals surface area contributed by atoms with Gasteiger partial charge in [-0.1, -0.05) is 212 Å². The van der Waals surface area contributed by atoms with Crippen LogP contribution in [0.15, 0.2) is 253 Å². The number of fused-ring (bicyclic) bond motifs is 9. The third kappa shape index (κ3) is 5.67. The second-order valence-electron chi connectivity index (χ2n) is 17.1. The number of hydrogen-bond acceptors (Lipinski definition) is 2. The highest BCUT2D eigenvalue weighted by Crippen LogP contribution is 2.58. The fraction of sp³-hybridized carbons (Fsp3) is 0.0159. The first-order valence-corrected chi connectivity index (χ1v) is 22.4. The van der Waals surface area contributed by atoms with Gasteiger partial charge in [0.1, 0.15) is 5.58 Å². The predicted molar refractivity (Wildman–Crippen MR) is 272 cm³/mol. The first-order chi connectivity index (χ1) is 32.3. The zero-order valence-corrected chi connectivity index (χ0v) is 35.5. The van der Waals surface area contributed by atoms with Crippen molar-refractivity contribution < 1.29 is 4.42 Å². The van der Waals surface area contributed by atoms with E-state index in [4.69, 9.17) is 4.42 Å². The number of rotatable bonds is 7. The molecule has 1 aliphatic rings. The Morgan fingerprint density at radius 2 is 0.800 bits per heavy atom. The summed E-state index contributed by atoms with van der Waals surface area (Å²) in [6.07, 6.45) is 0. The highest BCUT2D eigenvalue weighted by atomic mass is 16.3. The molecule has 2 nitrogen and oxygen atoms in total. The van der Waals surface area contributed by atoms with Gasteiger partial charge in [-0.15, -0.1) is 0 Å². The molecule has 0 fully saturated rings. The molecule has 1 aromatic heterocycles. The van der Waals surface area contributed by atoms with Gasteiger partial charge in [0.15, 0.2) is 5.58 Å². The molecule has 0 atom stereocenters. The van der Waals surface area contributed by atoms with E-state index < -0.39 is 5.41 Å². The molecule has 0 spiro atoms. The number of furan rings is 1. The van der Waals surface area contributed by atoms with Crippen molar-refractivity contribution >= 4 is 60.5 Å². The fourth-order valence-corrected chi connectivity index (χ4v) is 10.9. The van der Waals surface area contributed by atoms with Crippen molar-refractivity contribution in [1.82, 2.24) is 0 Å². The number of para-hydroxylation sites is 1. The van der Waals surface area contributed by atoms with E-state index in [0.29, 0.717) is 0 Å². The molecule has 0 aliphatic heterocycles. The first kappa shape index (κ1) is 37.1. The summed E-state index contributed by atoms with van der Waals surface area (Å²) in [5, 5.41) is 6.96. The SMILES string of the molecule is c1ccc(C2(c3ccccc3)c3ccccc3-c3c(-c4ccc(N(c5ccc(-c6cccc7ccccc67)cc5)c5cccc6c5oc5c7ccccc7ccc65)cc4)cccc32)cc1. The van der Waals surface area contributed by atoms with Crippen LogP contribution in [0.2, 0.25) is 0 Å². The van der Waals surface area contributed by atoms with Gasteiger partial charge in [0.2, 0.25) is 0 Å². The van der Waals surface area contributed by atoms with Gasteiger partial charge in [-0.25, -0.2) is 0 Å². The second-order valence-corrected chi connectivity index (χ2v) is 17.1. The van der Waals surface area contributed by atoms with E-state index in [9.17, 15) is 0 Å². The average Bonchev–Trinajstić information content (AvgIpc) is 3.92. The number of nitrogens with zero attached hydrogens (tertiary/aromatic N) is 1. The molecule has 0 saturated heterocycles. The molecule has 11 aromatic carbocycles. The maximum atomic E-state index is 6.99. The molecule has 13 rings (SSSR count). The van der Waals surface area contributed by atoms with Crippen molar-refractivity contribution in [2.24, 2.45) is 0 Å². The molecule has 0 radical (unpaired) electrons.